The van der Waals surface area contributed by atoms with E-state index in [1.165, 1.54) is 16.9 Å². The van der Waals surface area contributed by atoms with Crippen LogP contribution in [0.1, 0.15) is 18.2 Å². The lowest BCUT2D eigenvalue weighted by Gasteiger charge is -2.02. The zero-order valence-electron chi connectivity index (χ0n) is 11.8. The van der Waals surface area contributed by atoms with Gasteiger partial charge in [-0.15, -0.1) is 0 Å². The SMILES string of the molecule is CCn1cc(CNC(=O)Cn2ccc([N+](=O)[O-])n2)c(C)n1. The van der Waals surface area contributed by atoms with Gasteiger partial charge in [-0.05, 0) is 18.8 Å². The van der Waals surface area contributed by atoms with E-state index >= 15 is 0 Å². The molecule has 2 aromatic rings. The van der Waals surface area contributed by atoms with Crippen LogP contribution in [0, 0.1) is 17.0 Å². The molecule has 0 aromatic carbocycles. The molecule has 0 spiro atoms. The number of nitrogens with zero attached hydrogens (tertiary/aromatic N) is 5. The maximum absolute atomic E-state index is 11.8. The monoisotopic (exact) mass is 292 g/mol. The van der Waals surface area contributed by atoms with Gasteiger partial charge in [0.2, 0.25) is 5.91 Å². The van der Waals surface area contributed by atoms with Gasteiger partial charge in [-0.25, -0.2) is 0 Å². The average Bonchev–Trinajstić information content (AvgIpc) is 3.03. The Morgan fingerprint density at radius 2 is 2.19 bits per heavy atom. The molecule has 0 aliphatic carbocycles. The fourth-order valence-electron chi connectivity index (χ4n) is 1.83. The van der Waals surface area contributed by atoms with Crippen LogP contribution in [0.25, 0.3) is 0 Å². The normalized spacial score (nSPS) is 10.6. The zero-order chi connectivity index (χ0) is 15.4. The maximum Gasteiger partial charge on any atom is 0.389 e. The summed E-state index contributed by atoms with van der Waals surface area (Å²) in [5.41, 5.74) is 1.81. The van der Waals surface area contributed by atoms with Crippen LogP contribution in [0.3, 0.4) is 0 Å². The molecule has 0 aliphatic heterocycles. The first-order chi connectivity index (χ1) is 9.99. The van der Waals surface area contributed by atoms with Crippen molar-refractivity contribution in [1.29, 1.82) is 0 Å². The number of nitrogens with one attached hydrogen (secondary N) is 1. The van der Waals surface area contributed by atoms with Gasteiger partial charge in [0.15, 0.2) is 0 Å². The molecule has 0 aliphatic rings. The summed E-state index contributed by atoms with van der Waals surface area (Å²) in [5.74, 6) is -0.542. The van der Waals surface area contributed by atoms with Crippen LogP contribution < -0.4 is 5.32 Å². The molecular formula is C12H16N6O3. The van der Waals surface area contributed by atoms with Crippen molar-refractivity contribution in [2.45, 2.75) is 33.5 Å². The Hall–Kier alpha value is -2.71. The summed E-state index contributed by atoms with van der Waals surface area (Å²) in [4.78, 5) is 21.7. The van der Waals surface area contributed by atoms with Gasteiger partial charge in [-0.2, -0.15) is 9.78 Å². The highest BCUT2D eigenvalue weighted by Gasteiger charge is 2.13. The lowest BCUT2D eigenvalue weighted by Crippen LogP contribution is -2.27. The number of carbonyl (C=O) groups is 1. The van der Waals surface area contributed by atoms with E-state index in [0.29, 0.717) is 6.54 Å². The lowest BCUT2D eigenvalue weighted by molar-refractivity contribution is -0.389. The molecule has 9 heteroatoms. The molecule has 112 valence electrons. The van der Waals surface area contributed by atoms with Crippen molar-refractivity contribution in [1.82, 2.24) is 24.9 Å². The highest BCUT2D eigenvalue weighted by Crippen LogP contribution is 2.06. The third kappa shape index (κ3) is 3.65. The molecule has 0 unspecified atom stereocenters. The van der Waals surface area contributed by atoms with Crippen molar-refractivity contribution in [3.63, 3.8) is 0 Å². The van der Waals surface area contributed by atoms with Crippen molar-refractivity contribution in [3.8, 4) is 0 Å². The molecular weight excluding hydrogens is 276 g/mol. The molecule has 0 atom stereocenters. The Labute approximate surface area is 120 Å². The first-order valence-corrected chi connectivity index (χ1v) is 6.47. The van der Waals surface area contributed by atoms with Crippen molar-refractivity contribution in [3.05, 3.63) is 39.8 Å². The van der Waals surface area contributed by atoms with Crippen molar-refractivity contribution in [2.24, 2.45) is 0 Å². The predicted molar refractivity (Wildman–Crippen MR) is 73.4 cm³/mol. The molecule has 0 saturated carbocycles. The molecule has 2 heterocycles. The van der Waals surface area contributed by atoms with Crippen molar-refractivity contribution >= 4 is 11.7 Å². The third-order valence-electron chi connectivity index (χ3n) is 2.97. The van der Waals surface area contributed by atoms with E-state index in [0.717, 1.165) is 17.8 Å². The van der Waals surface area contributed by atoms with Crippen LogP contribution in [0.15, 0.2) is 18.5 Å². The van der Waals surface area contributed by atoms with Crippen LogP contribution in [-0.4, -0.2) is 30.4 Å². The summed E-state index contributed by atoms with van der Waals surface area (Å²) >= 11 is 0. The van der Waals surface area contributed by atoms with E-state index in [1.807, 2.05) is 20.0 Å². The molecule has 1 N–H and O–H groups in total. The fraction of sp³-hybridized carbons (Fsp3) is 0.417. The first kappa shape index (κ1) is 14.7. The molecule has 0 saturated heterocycles. The predicted octanol–water partition coefficient (Wildman–Crippen LogP) is 0.633. The Bertz CT molecular complexity index is 660. The number of nitro groups is 1. The summed E-state index contributed by atoms with van der Waals surface area (Å²) in [6, 6.07) is 1.25. The van der Waals surface area contributed by atoms with E-state index < -0.39 is 4.92 Å². The Balaban J connectivity index is 1.89. The molecule has 1 amide bonds. The largest absolute Gasteiger partial charge is 0.389 e. The first-order valence-electron chi connectivity index (χ1n) is 6.47. The number of aryl methyl sites for hydroxylation is 2. The van der Waals surface area contributed by atoms with Crippen LogP contribution in [0.4, 0.5) is 5.82 Å². The molecule has 9 nitrogen and oxygen atoms in total. The van der Waals surface area contributed by atoms with Gasteiger partial charge in [0, 0.05) is 24.8 Å². The summed E-state index contributed by atoms with van der Waals surface area (Å²) in [7, 11) is 0. The number of hydrogen-bond acceptors (Lipinski definition) is 5. The van der Waals surface area contributed by atoms with Crippen LogP contribution in [0.5, 0.6) is 0 Å². The third-order valence-corrected chi connectivity index (χ3v) is 2.97. The summed E-state index contributed by atoms with van der Waals surface area (Å²) in [6.45, 7) is 4.94. The molecule has 2 rings (SSSR count). The maximum atomic E-state index is 11.8. The van der Waals surface area contributed by atoms with Gasteiger partial charge in [0.1, 0.15) is 6.54 Å². The molecule has 0 bridgehead atoms. The summed E-state index contributed by atoms with van der Waals surface area (Å²) in [6.07, 6.45) is 3.28. The Morgan fingerprint density at radius 3 is 2.76 bits per heavy atom. The van der Waals surface area contributed by atoms with Crippen LogP contribution in [0.2, 0.25) is 0 Å². The minimum absolute atomic E-state index is 0.0607. The Kier molecular flexibility index (Phi) is 4.31. The zero-order valence-corrected chi connectivity index (χ0v) is 11.8. The fourth-order valence-corrected chi connectivity index (χ4v) is 1.83. The second-order valence-electron chi connectivity index (χ2n) is 4.50. The van der Waals surface area contributed by atoms with Gasteiger partial charge in [0.05, 0.1) is 23.1 Å². The Morgan fingerprint density at radius 1 is 1.43 bits per heavy atom. The number of amides is 1. The standard InChI is InChI=1S/C12H16N6O3/c1-3-16-7-10(9(2)14-16)6-13-12(19)8-17-5-4-11(15-17)18(20)21/h4-5,7H,3,6,8H2,1-2H3,(H,13,19). The second kappa shape index (κ2) is 6.16. The highest BCUT2D eigenvalue weighted by atomic mass is 16.6. The molecule has 2 aromatic heterocycles. The van der Waals surface area contributed by atoms with Crippen LogP contribution >= 0.6 is 0 Å². The van der Waals surface area contributed by atoms with Crippen molar-refractivity contribution in [2.75, 3.05) is 0 Å². The van der Waals surface area contributed by atoms with Gasteiger partial charge < -0.3 is 15.4 Å². The molecule has 21 heavy (non-hydrogen) atoms. The van der Waals surface area contributed by atoms with E-state index in [-0.39, 0.29) is 18.3 Å². The van der Waals surface area contributed by atoms with Gasteiger partial charge in [-0.3, -0.25) is 9.48 Å². The minimum atomic E-state index is -0.600. The van der Waals surface area contributed by atoms with E-state index in [1.54, 1.807) is 4.68 Å². The number of aromatic nitrogens is 4. The minimum Gasteiger partial charge on any atom is -0.358 e. The van der Waals surface area contributed by atoms with E-state index in [4.69, 9.17) is 0 Å². The van der Waals surface area contributed by atoms with Gasteiger partial charge in [-0.1, -0.05) is 0 Å². The average molecular weight is 292 g/mol. The number of hydrogen-bond donors (Lipinski definition) is 1. The summed E-state index contributed by atoms with van der Waals surface area (Å²) < 4.78 is 3.03. The second-order valence-corrected chi connectivity index (χ2v) is 4.50. The molecule has 0 radical (unpaired) electrons. The van der Waals surface area contributed by atoms with Crippen LogP contribution in [-0.2, 0) is 24.4 Å². The quantitative estimate of drug-likeness (QED) is 0.620. The highest BCUT2D eigenvalue weighted by molar-refractivity contribution is 5.75. The smallest absolute Gasteiger partial charge is 0.358 e. The number of rotatable bonds is 6. The van der Waals surface area contributed by atoms with Gasteiger partial charge >= 0.3 is 5.82 Å². The number of carbonyl (C=O) groups excluding carboxylic acids is 1. The topological polar surface area (TPSA) is 108 Å². The van der Waals surface area contributed by atoms with E-state index in [2.05, 4.69) is 15.5 Å². The molecule has 0 fully saturated rings. The lowest BCUT2D eigenvalue weighted by atomic mass is 10.2. The van der Waals surface area contributed by atoms with Gasteiger partial charge in [0.25, 0.3) is 0 Å². The summed E-state index contributed by atoms with van der Waals surface area (Å²) in [5, 5.41) is 21.2. The van der Waals surface area contributed by atoms with E-state index in [9.17, 15) is 14.9 Å². The van der Waals surface area contributed by atoms with Crippen molar-refractivity contribution < 1.29 is 9.72 Å².